The molecule has 8 nitrogen and oxygen atoms in total. The molecule has 1 saturated heterocycles. The lowest BCUT2D eigenvalue weighted by molar-refractivity contribution is -0.144. The summed E-state index contributed by atoms with van der Waals surface area (Å²) < 4.78 is 1.79. The Bertz CT molecular complexity index is 1670. The lowest BCUT2D eigenvalue weighted by atomic mass is 9.97. The summed E-state index contributed by atoms with van der Waals surface area (Å²) in [5.74, 6) is -0.218. The molecule has 4 aromatic rings. The molecular formula is C38H44N6O2. The number of benzene rings is 3. The molecule has 3 aromatic carbocycles. The summed E-state index contributed by atoms with van der Waals surface area (Å²) in [6.07, 6.45) is 6.41. The molecule has 1 aromatic heterocycles. The number of piperazine rings is 1. The maximum Gasteiger partial charge on any atom is 0.247 e. The van der Waals surface area contributed by atoms with Crippen molar-refractivity contribution in [2.45, 2.75) is 38.9 Å². The van der Waals surface area contributed by atoms with Crippen molar-refractivity contribution in [3.63, 3.8) is 0 Å². The zero-order valence-corrected chi connectivity index (χ0v) is 27.2. The van der Waals surface area contributed by atoms with Crippen molar-refractivity contribution in [2.24, 2.45) is 7.05 Å². The summed E-state index contributed by atoms with van der Waals surface area (Å²) >= 11 is 0. The highest BCUT2D eigenvalue weighted by atomic mass is 16.2. The quantitative estimate of drug-likeness (QED) is 0.255. The Balaban J connectivity index is 1.32. The fraction of sp³-hybridized carbons (Fsp3) is 0.342. The van der Waals surface area contributed by atoms with Gasteiger partial charge in [0.1, 0.15) is 6.04 Å². The molecule has 2 aliphatic heterocycles. The van der Waals surface area contributed by atoms with Crippen molar-refractivity contribution >= 4 is 23.6 Å². The lowest BCUT2D eigenvalue weighted by Gasteiger charge is -2.37. The third kappa shape index (κ3) is 7.23. The van der Waals surface area contributed by atoms with Crippen molar-refractivity contribution in [1.29, 1.82) is 0 Å². The van der Waals surface area contributed by atoms with Gasteiger partial charge in [0.2, 0.25) is 11.8 Å². The van der Waals surface area contributed by atoms with Crippen LogP contribution in [0.1, 0.15) is 33.5 Å². The van der Waals surface area contributed by atoms with E-state index in [2.05, 4.69) is 64.4 Å². The SMILES string of the molecule is Cc1c(C=CC(=O)N(Cc2ccc(N3CCN(C)CC3)cc2)C(Cc2ccccc2)C(=O)N2CCc3ccccc3C2)cnn1C. The molecule has 3 heterocycles. The molecule has 1 fully saturated rings. The zero-order chi connectivity index (χ0) is 32.0. The minimum atomic E-state index is -0.669. The molecule has 8 heteroatoms. The van der Waals surface area contributed by atoms with Crippen molar-refractivity contribution in [3.05, 3.63) is 125 Å². The summed E-state index contributed by atoms with van der Waals surface area (Å²) in [5, 5.41) is 4.33. The Labute approximate surface area is 272 Å². The van der Waals surface area contributed by atoms with Gasteiger partial charge in [-0.25, -0.2) is 0 Å². The second kappa shape index (κ2) is 14.2. The lowest BCUT2D eigenvalue weighted by Crippen LogP contribution is -2.52. The number of aryl methyl sites for hydroxylation is 1. The first-order valence-electron chi connectivity index (χ1n) is 16.2. The van der Waals surface area contributed by atoms with Crippen LogP contribution in [-0.2, 0) is 42.6 Å². The largest absolute Gasteiger partial charge is 0.369 e. The van der Waals surface area contributed by atoms with Crippen LogP contribution in [0.2, 0.25) is 0 Å². The summed E-state index contributed by atoms with van der Waals surface area (Å²) in [5.41, 5.74) is 7.51. The van der Waals surface area contributed by atoms with Gasteiger partial charge in [0.25, 0.3) is 0 Å². The number of fused-ring (bicyclic) bond motifs is 1. The minimum Gasteiger partial charge on any atom is -0.369 e. The number of anilines is 1. The van der Waals surface area contributed by atoms with E-state index in [1.54, 1.807) is 21.9 Å². The van der Waals surface area contributed by atoms with Gasteiger partial charge in [-0.1, -0.05) is 66.7 Å². The first-order chi connectivity index (χ1) is 22.4. The molecule has 2 amide bonds. The van der Waals surface area contributed by atoms with E-state index in [1.165, 1.54) is 16.8 Å². The molecule has 1 unspecified atom stereocenters. The Hall–Kier alpha value is -4.69. The minimum absolute atomic E-state index is 0.0216. The predicted octanol–water partition coefficient (Wildman–Crippen LogP) is 4.72. The van der Waals surface area contributed by atoms with Crippen LogP contribution in [0.15, 0.2) is 91.1 Å². The molecule has 46 heavy (non-hydrogen) atoms. The number of carbonyl (C=O) groups excluding carboxylic acids is 2. The van der Waals surface area contributed by atoms with Crippen molar-refractivity contribution in [1.82, 2.24) is 24.5 Å². The number of aromatic nitrogens is 2. The summed E-state index contributed by atoms with van der Waals surface area (Å²) in [4.78, 5) is 37.2. The Morgan fingerprint density at radius 3 is 2.24 bits per heavy atom. The maximum atomic E-state index is 14.6. The molecule has 0 aliphatic carbocycles. The standard InChI is InChI=1S/C38H44N6O2/c1-29-33(26-39-41(29)3)15-18-37(45)44(27-31-13-16-35(17-14-31)42-23-21-40(2)22-24-42)36(25-30-9-5-4-6-10-30)38(46)43-20-19-32-11-7-8-12-34(32)28-43/h4-18,26,36H,19-25,27-28H2,1-3H3. The molecule has 0 N–H and O–H groups in total. The van der Waals surface area contributed by atoms with E-state index in [4.69, 9.17) is 0 Å². The van der Waals surface area contributed by atoms with Gasteiger partial charge in [-0.15, -0.1) is 0 Å². The highest BCUT2D eigenvalue weighted by Gasteiger charge is 2.34. The van der Waals surface area contributed by atoms with Gasteiger partial charge in [-0.05, 0) is 60.9 Å². The average Bonchev–Trinajstić information content (AvgIpc) is 3.42. The average molecular weight is 617 g/mol. The van der Waals surface area contributed by atoms with E-state index < -0.39 is 6.04 Å². The Kier molecular flexibility index (Phi) is 9.64. The van der Waals surface area contributed by atoms with Crippen molar-refractivity contribution in [2.75, 3.05) is 44.7 Å². The van der Waals surface area contributed by atoms with Gasteiger partial charge in [-0.3, -0.25) is 14.3 Å². The van der Waals surface area contributed by atoms with Crippen LogP contribution in [0.25, 0.3) is 6.08 Å². The van der Waals surface area contributed by atoms with Crippen LogP contribution >= 0.6 is 0 Å². The van der Waals surface area contributed by atoms with E-state index in [0.717, 1.165) is 55.0 Å². The molecular weight excluding hydrogens is 572 g/mol. The van der Waals surface area contributed by atoms with E-state index in [1.807, 2.05) is 61.3 Å². The number of likely N-dealkylation sites (N-methyl/N-ethyl adjacent to an activating group) is 1. The van der Waals surface area contributed by atoms with Gasteiger partial charge in [-0.2, -0.15) is 5.10 Å². The van der Waals surface area contributed by atoms with E-state index >= 15 is 0 Å². The predicted molar refractivity (Wildman–Crippen MR) is 183 cm³/mol. The third-order valence-electron chi connectivity index (χ3n) is 9.49. The molecule has 238 valence electrons. The number of hydrogen-bond acceptors (Lipinski definition) is 5. The van der Waals surface area contributed by atoms with Crippen LogP contribution in [0.3, 0.4) is 0 Å². The highest BCUT2D eigenvalue weighted by molar-refractivity contribution is 5.96. The number of rotatable bonds is 9. The van der Waals surface area contributed by atoms with Crippen LogP contribution < -0.4 is 4.90 Å². The normalized spacial score (nSPS) is 16.0. The number of amides is 2. The molecule has 2 aliphatic rings. The number of carbonyl (C=O) groups is 2. The second-order valence-electron chi connectivity index (χ2n) is 12.5. The van der Waals surface area contributed by atoms with E-state index in [9.17, 15) is 9.59 Å². The molecule has 0 saturated carbocycles. The van der Waals surface area contributed by atoms with Gasteiger partial charge < -0.3 is 19.6 Å². The Morgan fingerprint density at radius 2 is 1.54 bits per heavy atom. The second-order valence-corrected chi connectivity index (χ2v) is 12.5. The number of nitrogens with zero attached hydrogens (tertiary/aromatic N) is 6. The maximum absolute atomic E-state index is 14.6. The fourth-order valence-electron chi connectivity index (χ4n) is 6.41. The van der Waals surface area contributed by atoms with Gasteiger partial charge >= 0.3 is 0 Å². The van der Waals surface area contributed by atoms with Crippen molar-refractivity contribution < 1.29 is 9.59 Å². The fourth-order valence-corrected chi connectivity index (χ4v) is 6.41. The number of hydrogen-bond donors (Lipinski definition) is 0. The van der Waals surface area contributed by atoms with Crippen LogP contribution in [0, 0.1) is 6.92 Å². The first kappa shape index (κ1) is 31.3. The molecule has 1 atom stereocenters. The monoisotopic (exact) mass is 616 g/mol. The Morgan fingerprint density at radius 1 is 0.848 bits per heavy atom. The van der Waals surface area contributed by atoms with E-state index in [-0.39, 0.29) is 11.8 Å². The van der Waals surface area contributed by atoms with E-state index in [0.29, 0.717) is 26.1 Å². The summed E-state index contributed by atoms with van der Waals surface area (Å²) in [6.45, 7) is 7.55. The third-order valence-corrected chi connectivity index (χ3v) is 9.49. The zero-order valence-electron chi connectivity index (χ0n) is 27.2. The topological polar surface area (TPSA) is 64.9 Å². The summed E-state index contributed by atoms with van der Waals surface area (Å²) in [6, 6.07) is 26.2. The van der Waals surface area contributed by atoms with Crippen LogP contribution in [0.4, 0.5) is 5.69 Å². The van der Waals surface area contributed by atoms with Crippen LogP contribution in [0.5, 0.6) is 0 Å². The van der Waals surface area contributed by atoms with Gasteiger partial charge in [0.05, 0.1) is 6.20 Å². The molecule has 0 spiro atoms. The smallest absolute Gasteiger partial charge is 0.247 e. The summed E-state index contributed by atoms with van der Waals surface area (Å²) in [7, 11) is 4.05. The molecule has 0 bridgehead atoms. The molecule has 0 radical (unpaired) electrons. The molecule has 6 rings (SSSR count). The highest BCUT2D eigenvalue weighted by Crippen LogP contribution is 2.24. The van der Waals surface area contributed by atoms with Gasteiger partial charge in [0.15, 0.2) is 0 Å². The first-order valence-corrected chi connectivity index (χ1v) is 16.2. The van der Waals surface area contributed by atoms with Gasteiger partial charge in [0, 0.05) is 82.3 Å². The van der Waals surface area contributed by atoms with Crippen LogP contribution in [-0.4, -0.2) is 82.1 Å². The van der Waals surface area contributed by atoms with Crippen molar-refractivity contribution in [3.8, 4) is 0 Å².